The molecule has 0 atom stereocenters. The van der Waals surface area contributed by atoms with E-state index in [0.717, 1.165) is 27.1 Å². The summed E-state index contributed by atoms with van der Waals surface area (Å²) in [7, 11) is 1.97. The van der Waals surface area contributed by atoms with E-state index >= 15 is 0 Å². The third-order valence-corrected chi connectivity index (χ3v) is 3.23. The molecule has 4 nitrogen and oxygen atoms in total. The van der Waals surface area contributed by atoms with Gasteiger partial charge < -0.3 is 9.32 Å². The lowest BCUT2D eigenvalue weighted by Crippen LogP contribution is -2.10. The molecule has 0 aliphatic heterocycles. The van der Waals surface area contributed by atoms with Gasteiger partial charge in [-0.2, -0.15) is 0 Å². The van der Waals surface area contributed by atoms with Crippen LogP contribution in [0.1, 0.15) is 0 Å². The monoisotopic (exact) mass is 303 g/mol. The number of aromatic nitrogens is 2. The predicted octanol–water partition coefficient (Wildman–Crippen LogP) is 3.75. The average molecular weight is 304 g/mol. The lowest BCUT2D eigenvalue weighted by atomic mass is 10.2. The highest BCUT2D eigenvalue weighted by Crippen LogP contribution is 2.25. The van der Waals surface area contributed by atoms with Crippen molar-refractivity contribution in [2.24, 2.45) is 0 Å². The molecule has 5 heteroatoms. The van der Waals surface area contributed by atoms with Crippen molar-refractivity contribution in [1.29, 1.82) is 0 Å². The number of hydrogen-bond acceptors (Lipinski definition) is 4. The third kappa shape index (κ3) is 1.97. The molecule has 0 spiro atoms. The van der Waals surface area contributed by atoms with Crippen molar-refractivity contribution in [3.8, 4) is 0 Å². The minimum atomic E-state index is 0.775. The number of fused-ring (bicyclic) bond motifs is 1. The van der Waals surface area contributed by atoms with Crippen molar-refractivity contribution in [3.05, 3.63) is 47.4 Å². The van der Waals surface area contributed by atoms with E-state index in [4.69, 9.17) is 4.42 Å². The summed E-state index contributed by atoms with van der Waals surface area (Å²) in [6.07, 6.45) is 3.23. The highest BCUT2D eigenvalue weighted by atomic mass is 79.9. The molecule has 0 saturated carbocycles. The van der Waals surface area contributed by atoms with Crippen LogP contribution in [0, 0.1) is 0 Å². The van der Waals surface area contributed by atoms with Crippen LogP contribution < -0.4 is 4.90 Å². The SMILES string of the molecule is CN(c1ccc2ncoc2c1)c1ccc(Br)cn1. The summed E-state index contributed by atoms with van der Waals surface area (Å²) < 4.78 is 6.26. The second-order valence-corrected chi connectivity index (χ2v) is 4.81. The standard InChI is InChI=1S/C13H10BrN3O/c1-17(13-5-2-9(14)7-15-13)10-3-4-11-12(6-10)18-8-16-11/h2-8H,1H3. The van der Waals surface area contributed by atoms with Gasteiger partial charge in [0, 0.05) is 29.5 Å². The number of pyridine rings is 1. The maximum atomic E-state index is 5.30. The zero-order valence-corrected chi connectivity index (χ0v) is 11.3. The van der Waals surface area contributed by atoms with Crippen LogP contribution in [0.5, 0.6) is 0 Å². The van der Waals surface area contributed by atoms with Gasteiger partial charge >= 0.3 is 0 Å². The third-order valence-electron chi connectivity index (χ3n) is 2.76. The van der Waals surface area contributed by atoms with Gasteiger partial charge in [-0.25, -0.2) is 9.97 Å². The summed E-state index contributed by atoms with van der Waals surface area (Å²) in [5.74, 6) is 0.872. The molecule has 2 heterocycles. The van der Waals surface area contributed by atoms with E-state index < -0.39 is 0 Å². The summed E-state index contributed by atoms with van der Waals surface area (Å²) in [6.45, 7) is 0. The summed E-state index contributed by atoms with van der Waals surface area (Å²) >= 11 is 3.37. The maximum Gasteiger partial charge on any atom is 0.181 e. The Labute approximate surface area is 112 Å². The van der Waals surface area contributed by atoms with Crippen LogP contribution in [0.3, 0.4) is 0 Å². The van der Waals surface area contributed by atoms with Crippen LogP contribution in [0.2, 0.25) is 0 Å². The molecule has 0 amide bonds. The molecule has 0 N–H and O–H groups in total. The van der Waals surface area contributed by atoms with Crippen molar-refractivity contribution in [2.75, 3.05) is 11.9 Å². The van der Waals surface area contributed by atoms with Crippen LogP contribution in [-0.4, -0.2) is 17.0 Å². The Morgan fingerprint density at radius 1 is 1.17 bits per heavy atom. The molecule has 0 bridgehead atoms. The van der Waals surface area contributed by atoms with Gasteiger partial charge in [-0.15, -0.1) is 0 Å². The highest BCUT2D eigenvalue weighted by Gasteiger charge is 2.07. The van der Waals surface area contributed by atoms with E-state index in [1.165, 1.54) is 6.39 Å². The van der Waals surface area contributed by atoms with Crippen molar-refractivity contribution in [3.63, 3.8) is 0 Å². The van der Waals surface area contributed by atoms with E-state index in [-0.39, 0.29) is 0 Å². The molecular weight excluding hydrogens is 294 g/mol. The summed E-state index contributed by atoms with van der Waals surface area (Å²) in [4.78, 5) is 10.4. The Balaban J connectivity index is 2.00. The molecule has 90 valence electrons. The number of anilines is 2. The normalized spacial score (nSPS) is 10.8. The van der Waals surface area contributed by atoms with Gasteiger partial charge in [0.15, 0.2) is 12.0 Å². The molecule has 3 aromatic rings. The number of halogens is 1. The Kier molecular flexibility index (Phi) is 2.76. The van der Waals surface area contributed by atoms with Crippen molar-refractivity contribution in [2.45, 2.75) is 0 Å². The smallest absolute Gasteiger partial charge is 0.181 e. The fourth-order valence-corrected chi connectivity index (χ4v) is 1.99. The summed E-state index contributed by atoms with van der Waals surface area (Å²) in [6, 6.07) is 9.80. The first kappa shape index (κ1) is 11.2. The molecule has 18 heavy (non-hydrogen) atoms. The van der Waals surface area contributed by atoms with Gasteiger partial charge in [0.25, 0.3) is 0 Å². The summed E-state index contributed by atoms with van der Waals surface area (Å²) in [5, 5.41) is 0. The van der Waals surface area contributed by atoms with Crippen LogP contribution in [0.25, 0.3) is 11.1 Å². The Morgan fingerprint density at radius 2 is 2.06 bits per heavy atom. The number of rotatable bonds is 2. The Morgan fingerprint density at radius 3 is 2.83 bits per heavy atom. The lowest BCUT2D eigenvalue weighted by molar-refractivity contribution is 0.602. The second kappa shape index (κ2) is 4.42. The molecule has 0 radical (unpaired) electrons. The topological polar surface area (TPSA) is 42.2 Å². The Bertz CT molecular complexity index is 678. The summed E-state index contributed by atoms with van der Waals surface area (Å²) in [5.41, 5.74) is 2.64. The van der Waals surface area contributed by atoms with Crippen LogP contribution >= 0.6 is 15.9 Å². The van der Waals surface area contributed by atoms with Gasteiger partial charge in [-0.05, 0) is 40.2 Å². The predicted molar refractivity (Wildman–Crippen MR) is 74.0 cm³/mol. The largest absolute Gasteiger partial charge is 0.443 e. The van der Waals surface area contributed by atoms with E-state index in [1.54, 1.807) is 6.20 Å². The minimum absolute atomic E-state index is 0.775. The molecule has 1 aromatic carbocycles. The molecule has 2 aromatic heterocycles. The fraction of sp³-hybridized carbons (Fsp3) is 0.0769. The van der Waals surface area contributed by atoms with Crippen molar-refractivity contribution < 1.29 is 4.42 Å². The molecule has 0 fully saturated rings. The van der Waals surface area contributed by atoms with E-state index in [1.807, 2.05) is 42.3 Å². The Hall–Kier alpha value is -1.88. The van der Waals surface area contributed by atoms with E-state index in [2.05, 4.69) is 25.9 Å². The molecular formula is C13H10BrN3O. The number of hydrogen-bond donors (Lipinski definition) is 0. The van der Waals surface area contributed by atoms with Gasteiger partial charge in [0.1, 0.15) is 11.3 Å². The molecule has 0 unspecified atom stereocenters. The van der Waals surface area contributed by atoms with Crippen LogP contribution in [-0.2, 0) is 0 Å². The first-order valence-corrected chi connectivity index (χ1v) is 6.22. The average Bonchev–Trinajstić information content (AvgIpc) is 2.86. The molecule has 0 aliphatic rings. The van der Waals surface area contributed by atoms with E-state index in [9.17, 15) is 0 Å². The van der Waals surface area contributed by atoms with Gasteiger partial charge in [-0.3, -0.25) is 0 Å². The zero-order valence-electron chi connectivity index (χ0n) is 9.67. The number of benzene rings is 1. The highest BCUT2D eigenvalue weighted by molar-refractivity contribution is 9.10. The van der Waals surface area contributed by atoms with Crippen molar-refractivity contribution >= 4 is 38.5 Å². The van der Waals surface area contributed by atoms with Crippen LogP contribution in [0.4, 0.5) is 11.5 Å². The van der Waals surface area contributed by atoms with E-state index in [0.29, 0.717) is 0 Å². The van der Waals surface area contributed by atoms with Gasteiger partial charge in [0.2, 0.25) is 0 Å². The molecule has 0 aliphatic carbocycles. The van der Waals surface area contributed by atoms with Gasteiger partial charge in [-0.1, -0.05) is 0 Å². The maximum absolute atomic E-state index is 5.30. The fourth-order valence-electron chi connectivity index (χ4n) is 1.75. The first-order valence-electron chi connectivity index (χ1n) is 5.42. The lowest BCUT2D eigenvalue weighted by Gasteiger charge is -2.17. The van der Waals surface area contributed by atoms with Gasteiger partial charge in [0.05, 0.1) is 0 Å². The molecule has 3 rings (SSSR count). The zero-order chi connectivity index (χ0) is 12.5. The first-order chi connectivity index (χ1) is 8.74. The number of nitrogens with zero attached hydrogens (tertiary/aromatic N) is 3. The quantitative estimate of drug-likeness (QED) is 0.723. The number of oxazole rings is 1. The molecule has 0 saturated heterocycles. The van der Waals surface area contributed by atoms with Crippen LogP contribution in [0.15, 0.2) is 51.8 Å². The second-order valence-electron chi connectivity index (χ2n) is 3.90. The van der Waals surface area contributed by atoms with Crippen molar-refractivity contribution in [1.82, 2.24) is 9.97 Å². The minimum Gasteiger partial charge on any atom is -0.443 e.